The molecule has 0 aliphatic carbocycles. The summed E-state index contributed by atoms with van der Waals surface area (Å²) in [7, 11) is -3.74. The normalized spacial score (nSPS) is 11.5. The molecule has 0 unspecified atom stereocenters. The van der Waals surface area contributed by atoms with Crippen molar-refractivity contribution in [2.45, 2.75) is 11.4 Å². The van der Waals surface area contributed by atoms with Crippen molar-refractivity contribution in [3.8, 4) is 0 Å². The largest absolute Gasteiger partial charge is 0.454 e. The van der Waals surface area contributed by atoms with E-state index in [1.807, 2.05) is 12.1 Å². The fraction of sp³-hybridized carbons (Fsp3) is 0.0909. The van der Waals surface area contributed by atoms with Gasteiger partial charge in [-0.3, -0.25) is 0 Å². The van der Waals surface area contributed by atoms with E-state index in [1.165, 1.54) is 18.2 Å². The molecule has 8 heteroatoms. The minimum Gasteiger partial charge on any atom is -0.454 e. The number of rotatable bonds is 4. The Hall–Kier alpha value is -0.770. The zero-order valence-corrected chi connectivity index (χ0v) is 13.3. The van der Waals surface area contributed by atoms with Crippen LogP contribution in [0.5, 0.6) is 0 Å². The molecule has 0 aliphatic heterocycles. The maximum absolute atomic E-state index is 11.3. The standard InChI is InChI=1S/C11H10ClIN2O3S/c12-9-3-2-8(19(14,16)17)5-10(9)15-6-7-1-4-11(13)18-7/h1-5,15H,6H2,(H2,14,16,17). The second-order valence-electron chi connectivity index (χ2n) is 3.75. The van der Waals surface area contributed by atoms with Gasteiger partial charge in [0.15, 0.2) is 3.77 Å². The monoisotopic (exact) mass is 412 g/mol. The molecule has 0 spiro atoms. The highest BCUT2D eigenvalue weighted by Crippen LogP contribution is 2.25. The Morgan fingerprint density at radius 3 is 2.63 bits per heavy atom. The van der Waals surface area contributed by atoms with Crippen LogP contribution >= 0.6 is 34.2 Å². The third-order valence-electron chi connectivity index (χ3n) is 2.35. The summed E-state index contributed by atoms with van der Waals surface area (Å²) in [5.74, 6) is 0.724. The molecule has 0 saturated carbocycles. The maximum atomic E-state index is 11.3. The molecule has 3 N–H and O–H groups in total. The number of nitrogens with one attached hydrogen (secondary N) is 1. The van der Waals surface area contributed by atoms with Crippen molar-refractivity contribution in [2.75, 3.05) is 5.32 Å². The highest BCUT2D eigenvalue weighted by Gasteiger charge is 2.11. The lowest BCUT2D eigenvalue weighted by Gasteiger charge is -2.08. The van der Waals surface area contributed by atoms with Gasteiger partial charge in [-0.25, -0.2) is 13.6 Å². The first kappa shape index (κ1) is 14.6. The molecule has 0 saturated heterocycles. The first-order valence-electron chi connectivity index (χ1n) is 5.17. The Morgan fingerprint density at radius 2 is 2.05 bits per heavy atom. The molecule has 0 radical (unpaired) electrons. The van der Waals surface area contributed by atoms with Crippen LogP contribution in [0, 0.1) is 3.77 Å². The lowest BCUT2D eigenvalue weighted by Crippen LogP contribution is -2.12. The fourth-order valence-electron chi connectivity index (χ4n) is 1.45. The maximum Gasteiger partial charge on any atom is 0.238 e. The van der Waals surface area contributed by atoms with Crippen LogP contribution in [0.15, 0.2) is 39.6 Å². The van der Waals surface area contributed by atoms with Crippen LogP contribution < -0.4 is 10.5 Å². The van der Waals surface area contributed by atoms with E-state index < -0.39 is 10.0 Å². The number of furan rings is 1. The van der Waals surface area contributed by atoms with E-state index in [2.05, 4.69) is 27.9 Å². The Bertz CT molecular complexity index is 700. The summed E-state index contributed by atoms with van der Waals surface area (Å²) in [6, 6.07) is 7.89. The molecular formula is C11H10ClIN2O3S. The number of halogens is 2. The van der Waals surface area contributed by atoms with Gasteiger partial charge < -0.3 is 9.73 Å². The Balaban J connectivity index is 2.20. The highest BCUT2D eigenvalue weighted by atomic mass is 127. The summed E-state index contributed by atoms with van der Waals surface area (Å²) < 4.78 is 28.7. The van der Waals surface area contributed by atoms with Crippen molar-refractivity contribution in [3.05, 3.63) is 44.9 Å². The molecule has 0 bridgehead atoms. The van der Waals surface area contributed by atoms with Crippen molar-refractivity contribution in [3.63, 3.8) is 0 Å². The van der Waals surface area contributed by atoms with Crippen LogP contribution in [0.25, 0.3) is 0 Å². The van der Waals surface area contributed by atoms with E-state index in [0.717, 1.165) is 9.53 Å². The van der Waals surface area contributed by atoms with Gasteiger partial charge in [0.05, 0.1) is 22.2 Å². The van der Waals surface area contributed by atoms with Crippen LogP contribution in [0.2, 0.25) is 5.02 Å². The van der Waals surface area contributed by atoms with Crippen LogP contribution in [0.1, 0.15) is 5.76 Å². The second-order valence-corrected chi connectivity index (χ2v) is 6.78. The van der Waals surface area contributed by atoms with Gasteiger partial charge in [0.1, 0.15) is 5.76 Å². The average molecular weight is 413 g/mol. The number of anilines is 1. The van der Waals surface area contributed by atoms with E-state index >= 15 is 0 Å². The number of hydrogen-bond acceptors (Lipinski definition) is 4. The molecule has 2 aromatic rings. The molecule has 1 heterocycles. The summed E-state index contributed by atoms with van der Waals surface area (Å²) in [6.45, 7) is 0.400. The minimum absolute atomic E-state index is 0.00780. The Kier molecular flexibility index (Phi) is 4.39. The molecule has 0 atom stereocenters. The fourth-order valence-corrected chi connectivity index (χ4v) is 2.63. The molecule has 0 amide bonds. The van der Waals surface area contributed by atoms with Crippen LogP contribution in [-0.4, -0.2) is 8.42 Å². The van der Waals surface area contributed by atoms with Crippen LogP contribution in [0.3, 0.4) is 0 Å². The van der Waals surface area contributed by atoms with Gasteiger partial charge in [0.2, 0.25) is 10.0 Å². The first-order valence-corrected chi connectivity index (χ1v) is 8.17. The number of sulfonamides is 1. The summed E-state index contributed by atoms with van der Waals surface area (Å²) in [4.78, 5) is 0.00780. The number of hydrogen-bond donors (Lipinski definition) is 2. The molecule has 0 aliphatic rings. The van der Waals surface area contributed by atoms with Gasteiger partial charge >= 0.3 is 0 Å². The van der Waals surface area contributed by atoms with Crippen molar-refractivity contribution >= 4 is 49.9 Å². The van der Waals surface area contributed by atoms with Crippen molar-refractivity contribution in [2.24, 2.45) is 5.14 Å². The predicted molar refractivity (Wildman–Crippen MR) is 81.6 cm³/mol. The number of benzene rings is 1. The lowest BCUT2D eigenvalue weighted by atomic mass is 10.3. The summed E-state index contributed by atoms with van der Waals surface area (Å²) in [6.07, 6.45) is 0. The van der Waals surface area contributed by atoms with E-state index in [9.17, 15) is 8.42 Å². The van der Waals surface area contributed by atoms with E-state index in [0.29, 0.717) is 17.3 Å². The van der Waals surface area contributed by atoms with Crippen molar-refractivity contribution in [1.82, 2.24) is 0 Å². The average Bonchev–Trinajstić information content (AvgIpc) is 2.72. The first-order chi connectivity index (χ1) is 8.86. The Morgan fingerprint density at radius 1 is 1.32 bits per heavy atom. The van der Waals surface area contributed by atoms with Crippen molar-refractivity contribution < 1.29 is 12.8 Å². The lowest BCUT2D eigenvalue weighted by molar-refractivity contribution is 0.493. The van der Waals surface area contributed by atoms with Gasteiger partial charge in [-0.05, 0) is 52.9 Å². The van der Waals surface area contributed by atoms with Crippen LogP contribution in [-0.2, 0) is 16.6 Å². The SMILES string of the molecule is NS(=O)(=O)c1ccc(Cl)c(NCc2ccc(I)o2)c1. The third kappa shape index (κ3) is 3.85. The van der Waals surface area contributed by atoms with E-state index in [-0.39, 0.29) is 4.90 Å². The molecule has 0 fully saturated rings. The van der Waals surface area contributed by atoms with Gasteiger partial charge in [0.25, 0.3) is 0 Å². The van der Waals surface area contributed by atoms with Crippen LogP contribution in [0.4, 0.5) is 5.69 Å². The molecule has 5 nitrogen and oxygen atoms in total. The predicted octanol–water partition coefficient (Wildman–Crippen LogP) is 2.80. The quantitative estimate of drug-likeness (QED) is 0.756. The summed E-state index contributed by atoms with van der Waals surface area (Å²) in [5.41, 5.74) is 0.486. The van der Waals surface area contributed by atoms with Gasteiger partial charge in [-0.2, -0.15) is 0 Å². The molecule has 102 valence electrons. The molecular weight excluding hydrogens is 403 g/mol. The van der Waals surface area contributed by atoms with E-state index in [1.54, 1.807) is 0 Å². The van der Waals surface area contributed by atoms with Gasteiger partial charge in [-0.1, -0.05) is 11.6 Å². The third-order valence-corrected chi connectivity index (χ3v) is 4.17. The highest BCUT2D eigenvalue weighted by molar-refractivity contribution is 14.1. The number of nitrogens with two attached hydrogens (primary N) is 1. The Labute approximate surface area is 129 Å². The zero-order valence-electron chi connectivity index (χ0n) is 9.56. The topological polar surface area (TPSA) is 85.3 Å². The molecule has 1 aromatic heterocycles. The second kappa shape index (κ2) is 5.70. The van der Waals surface area contributed by atoms with E-state index in [4.69, 9.17) is 21.2 Å². The summed E-state index contributed by atoms with van der Waals surface area (Å²) in [5, 5.41) is 8.48. The zero-order chi connectivity index (χ0) is 14.0. The number of primary sulfonamides is 1. The molecule has 2 rings (SSSR count). The van der Waals surface area contributed by atoms with Crippen molar-refractivity contribution in [1.29, 1.82) is 0 Å². The smallest absolute Gasteiger partial charge is 0.238 e. The van der Waals surface area contributed by atoms with Gasteiger partial charge in [0, 0.05) is 0 Å². The minimum atomic E-state index is -3.74. The van der Waals surface area contributed by atoms with Gasteiger partial charge in [-0.15, -0.1) is 0 Å². The summed E-state index contributed by atoms with van der Waals surface area (Å²) >= 11 is 8.05. The molecule has 19 heavy (non-hydrogen) atoms. The molecule has 1 aromatic carbocycles.